The van der Waals surface area contributed by atoms with Gasteiger partial charge < -0.3 is 15.1 Å². The fourth-order valence-corrected chi connectivity index (χ4v) is 5.03. The van der Waals surface area contributed by atoms with E-state index in [2.05, 4.69) is 32.0 Å². The first-order chi connectivity index (χ1) is 16.4. The van der Waals surface area contributed by atoms with Crippen LogP contribution in [0.1, 0.15) is 44.0 Å². The van der Waals surface area contributed by atoms with Gasteiger partial charge in [-0.2, -0.15) is 5.10 Å². The van der Waals surface area contributed by atoms with Crippen molar-refractivity contribution in [2.75, 3.05) is 51.1 Å². The molecule has 1 aromatic heterocycles. The van der Waals surface area contributed by atoms with E-state index in [1.807, 2.05) is 48.9 Å². The zero-order valence-electron chi connectivity index (χ0n) is 20.8. The molecule has 8 heteroatoms. The summed E-state index contributed by atoms with van der Waals surface area (Å²) < 4.78 is 1.87. The van der Waals surface area contributed by atoms with E-state index in [-0.39, 0.29) is 11.8 Å². The fraction of sp³-hybridized carbons (Fsp3) is 0.577. The fourth-order valence-electron chi connectivity index (χ4n) is 5.03. The van der Waals surface area contributed by atoms with E-state index in [0.717, 1.165) is 74.9 Å². The summed E-state index contributed by atoms with van der Waals surface area (Å²) in [6.07, 6.45) is 3.91. The average Bonchev–Trinajstić information content (AvgIpc) is 3.12. The van der Waals surface area contributed by atoms with E-state index in [1.165, 1.54) is 6.42 Å². The minimum Gasteiger partial charge on any atom is -0.339 e. The number of piperazine rings is 1. The maximum atomic E-state index is 12.7. The third-order valence-corrected chi connectivity index (χ3v) is 7.16. The van der Waals surface area contributed by atoms with E-state index in [4.69, 9.17) is 0 Å². The Morgan fingerprint density at radius 2 is 1.71 bits per heavy atom. The zero-order chi connectivity index (χ0) is 24.1. The number of likely N-dealkylation sites (tertiary alicyclic amines) is 1. The number of benzene rings is 1. The van der Waals surface area contributed by atoms with Gasteiger partial charge >= 0.3 is 0 Å². The smallest absolute Gasteiger partial charge is 0.236 e. The quantitative estimate of drug-likeness (QED) is 0.679. The highest BCUT2D eigenvalue weighted by molar-refractivity contribution is 5.92. The van der Waals surface area contributed by atoms with Gasteiger partial charge in [0.25, 0.3) is 0 Å². The van der Waals surface area contributed by atoms with E-state index in [9.17, 15) is 9.59 Å². The molecule has 8 nitrogen and oxygen atoms in total. The number of rotatable bonds is 7. The molecule has 34 heavy (non-hydrogen) atoms. The molecule has 2 saturated heterocycles. The van der Waals surface area contributed by atoms with Crippen molar-refractivity contribution < 1.29 is 9.59 Å². The van der Waals surface area contributed by atoms with Crippen molar-refractivity contribution in [3.63, 3.8) is 0 Å². The van der Waals surface area contributed by atoms with Crippen LogP contribution in [0.5, 0.6) is 0 Å². The van der Waals surface area contributed by atoms with Gasteiger partial charge in [0.1, 0.15) is 0 Å². The van der Waals surface area contributed by atoms with Crippen molar-refractivity contribution in [1.29, 1.82) is 0 Å². The molecule has 1 unspecified atom stereocenters. The van der Waals surface area contributed by atoms with E-state index < -0.39 is 0 Å². The first-order valence-corrected chi connectivity index (χ1v) is 12.6. The summed E-state index contributed by atoms with van der Waals surface area (Å²) in [6.45, 7) is 11.7. The van der Waals surface area contributed by atoms with E-state index in [1.54, 1.807) is 0 Å². The Hall–Kier alpha value is -2.71. The van der Waals surface area contributed by atoms with Crippen molar-refractivity contribution in [2.45, 2.75) is 52.5 Å². The van der Waals surface area contributed by atoms with Gasteiger partial charge in [-0.05, 0) is 52.2 Å². The van der Waals surface area contributed by atoms with Crippen molar-refractivity contribution in [3.8, 4) is 5.69 Å². The van der Waals surface area contributed by atoms with Gasteiger partial charge in [-0.1, -0.05) is 18.2 Å². The average molecular weight is 467 g/mol. The normalized spacial score (nSPS) is 19.9. The monoisotopic (exact) mass is 466 g/mol. The highest BCUT2D eigenvalue weighted by Crippen LogP contribution is 2.23. The largest absolute Gasteiger partial charge is 0.339 e. The molecule has 2 fully saturated rings. The molecule has 3 heterocycles. The van der Waals surface area contributed by atoms with Gasteiger partial charge in [0.05, 0.1) is 29.3 Å². The Morgan fingerprint density at radius 1 is 1.00 bits per heavy atom. The zero-order valence-corrected chi connectivity index (χ0v) is 20.8. The first kappa shape index (κ1) is 24.4. The van der Waals surface area contributed by atoms with E-state index in [0.29, 0.717) is 19.0 Å². The number of anilines is 1. The molecule has 2 aliphatic heterocycles. The molecular formula is C26H38N6O2. The van der Waals surface area contributed by atoms with Crippen LogP contribution in [0.4, 0.5) is 5.69 Å². The molecule has 1 N–H and O–H groups in total. The summed E-state index contributed by atoms with van der Waals surface area (Å²) in [7, 11) is 0. The minimum absolute atomic E-state index is 0.00973. The van der Waals surface area contributed by atoms with Crippen LogP contribution in [0, 0.1) is 13.8 Å². The molecule has 0 saturated carbocycles. The Bertz CT molecular complexity index is 981. The maximum absolute atomic E-state index is 12.7. The number of piperidine rings is 1. The molecule has 0 aliphatic carbocycles. The molecule has 4 rings (SSSR count). The lowest BCUT2D eigenvalue weighted by molar-refractivity contribution is -0.136. The summed E-state index contributed by atoms with van der Waals surface area (Å²) >= 11 is 0. The van der Waals surface area contributed by atoms with Crippen LogP contribution in [-0.2, 0) is 9.59 Å². The molecule has 184 valence electrons. The van der Waals surface area contributed by atoms with Crippen molar-refractivity contribution >= 4 is 17.5 Å². The van der Waals surface area contributed by atoms with Crippen LogP contribution in [-0.4, -0.2) is 88.1 Å². The number of nitrogens with zero attached hydrogens (tertiary/aromatic N) is 5. The molecular weight excluding hydrogens is 428 g/mol. The standard InChI is InChI=1S/C26H38N6O2/c1-20-9-7-8-13-31(20)25(34)19-30-17-15-29(16-18-30)14-12-24(33)27-26-21(2)28-32(22(26)3)23-10-5-4-6-11-23/h4-6,10-11,20H,7-9,12-19H2,1-3H3,(H,27,33). The number of nitrogens with one attached hydrogen (secondary N) is 1. The molecule has 1 aromatic carbocycles. The van der Waals surface area contributed by atoms with Crippen molar-refractivity contribution in [2.24, 2.45) is 0 Å². The van der Waals surface area contributed by atoms with Gasteiger partial charge in [0, 0.05) is 51.7 Å². The number of para-hydroxylation sites is 1. The van der Waals surface area contributed by atoms with Crippen LogP contribution in [0.2, 0.25) is 0 Å². The van der Waals surface area contributed by atoms with Crippen molar-refractivity contribution in [3.05, 3.63) is 41.7 Å². The highest BCUT2D eigenvalue weighted by atomic mass is 16.2. The molecule has 2 amide bonds. The SMILES string of the molecule is Cc1nn(-c2ccccc2)c(C)c1NC(=O)CCN1CCN(CC(=O)N2CCCCC2C)CC1. The topological polar surface area (TPSA) is 73.7 Å². The number of hydrogen-bond donors (Lipinski definition) is 1. The second-order valence-electron chi connectivity index (χ2n) is 9.64. The van der Waals surface area contributed by atoms with Crippen molar-refractivity contribution in [1.82, 2.24) is 24.5 Å². The molecule has 2 aliphatic rings. The van der Waals surface area contributed by atoms with Gasteiger partial charge in [-0.15, -0.1) is 0 Å². The second kappa shape index (κ2) is 11.1. The van der Waals surface area contributed by atoms with Gasteiger partial charge in [-0.25, -0.2) is 4.68 Å². The summed E-state index contributed by atoms with van der Waals surface area (Å²) in [5.74, 6) is 0.275. The van der Waals surface area contributed by atoms with Crippen LogP contribution in [0.25, 0.3) is 5.69 Å². The van der Waals surface area contributed by atoms with Crippen LogP contribution in [0.3, 0.4) is 0 Å². The lowest BCUT2D eigenvalue weighted by atomic mass is 10.0. The summed E-state index contributed by atoms with van der Waals surface area (Å²) in [6, 6.07) is 10.3. The Kier molecular flexibility index (Phi) is 8.00. The van der Waals surface area contributed by atoms with Crippen LogP contribution < -0.4 is 5.32 Å². The molecule has 0 radical (unpaired) electrons. The molecule has 1 atom stereocenters. The predicted molar refractivity (Wildman–Crippen MR) is 134 cm³/mol. The summed E-state index contributed by atoms with van der Waals surface area (Å²) in [5.41, 5.74) is 3.52. The van der Waals surface area contributed by atoms with Gasteiger partial charge in [0.15, 0.2) is 0 Å². The van der Waals surface area contributed by atoms with Crippen LogP contribution >= 0.6 is 0 Å². The summed E-state index contributed by atoms with van der Waals surface area (Å²) in [4.78, 5) is 32.0. The number of carbonyl (C=O) groups is 2. The number of aryl methyl sites for hydroxylation is 1. The Balaban J connectivity index is 1.21. The second-order valence-corrected chi connectivity index (χ2v) is 9.64. The van der Waals surface area contributed by atoms with Gasteiger partial charge in [-0.3, -0.25) is 14.5 Å². The predicted octanol–water partition coefficient (Wildman–Crippen LogP) is 2.84. The van der Waals surface area contributed by atoms with Gasteiger partial charge in [0.2, 0.25) is 11.8 Å². The lowest BCUT2D eigenvalue weighted by Gasteiger charge is -2.38. The number of hydrogen-bond acceptors (Lipinski definition) is 5. The maximum Gasteiger partial charge on any atom is 0.236 e. The number of amides is 2. The summed E-state index contributed by atoms with van der Waals surface area (Å²) in [5, 5.41) is 7.68. The number of aromatic nitrogens is 2. The Labute approximate surface area is 202 Å². The molecule has 2 aromatic rings. The third-order valence-electron chi connectivity index (χ3n) is 7.16. The molecule has 0 bridgehead atoms. The number of carbonyl (C=O) groups excluding carboxylic acids is 2. The van der Waals surface area contributed by atoms with E-state index >= 15 is 0 Å². The molecule has 0 spiro atoms. The van der Waals surface area contributed by atoms with Crippen LogP contribution in [0.15, 0.2) is 30.3 Å². The Morgan fingerprint density at radius 3 is 2.41 bits per heavy atom. The lowest BCUT2D eigenvalue weighted by Crippen LogP contribution is -2.52. The first-order valence-electron chi connectivity index (χ1n) is 12.6. The highest BCUT2D eigenvalue weighted by Gasteiger charge is 2.26. The minimum atomic E-state index is 0.00973. The third kappa shape index (κ3) is 5.85.